The molecule has 2 aromatic rings. The summed E-state index contributed by atoms with van der Waals surface area (Å²) < 4.78 is 7.47. The minimum absolute atomic E-state index is 0.0344. The molecule has 1 aromatic carbocycles. The third kappa shape index (κ3) is 2.44. The SMILES string of the molecule is CCn1ccnc1C(=O)NC1c2ccccc2CC12CCOCC2. The standard InChI is InChI=1S/C19H23N3O2/c1-2-22-10-9-20-17(22)18(23)21-16-15-6-4-3-5-14(15)13-19(16)7-11-24-12-8-19/h3-6,9-10,16H,2,7-8,11-13H2,1H3,(H,21,23). The summed E-state index contributed by atoms with van der Waals surface area (Å²) in [5.41, 5.74) is 2.67. The molecule has 126 valence electrons. The highest BCUT2D eigenvalue weighted by Gasteiger charge is 2.47. The summed E-state index contributed by atoms with van der Waals surface area (Å²) >= 11 is 0. The molecule has 1 spiro atoms. The zero-order valence-corrected chi connectivity index (χ0v) is 14.0. The van der Waals surface area contributed by atoms with Gasteiger partial charge in [-0.2, -0.15) is 0 Å². The average molecular weight is 325 g/mol. The number of fused-ring (bicyclic) bond motifs is 1. The first-order valence-corrected chi connectivity index (χ1v) is 8.71. The fraction of sp³-hybridized carbons (Fsp3) is 0.474. The normalized spacial score (nSPS) is 21.6. The molecule has 1 saturated heterocycles. The zero-order valence-electron chi connectivity index (χ0n) is 14.0. The zero-order chi connectivity index (χ0) is 16.6. The second kappa shape index (κ2) is 6.06. The third-order valence-electron chi connectivity index (χ3n) is 5.54. The predicted octanol–water partition coefficient (Wildman–Crippen LogP) is 2.73. The summed E-state index contributed by atoms with van der Waals surface area (Å²) in [6.45, 7) is 4.29. The summed E-state index contributed by atoms with van der Waals surface area (Å²) in [7, 11) is 0. The molecule has 4 rings (SSSR count). The monoisotopic (exact) mass is 325 g/mol. The highest BCUT2D eigenvalue weighted by molar-refractivity contribution is 5.91. The van der Waals surface area contributed by atoms with Crippen molar-refractivity contribution in [1.82, 2.24) is 14.9 Å². The van der Waals surface area contributed by atoms with Crippen LogP contribution in [0.3, 0.4) is 0 Å². The number of aryl methyl sites for hydroxylation is 1. The Morgan fingerprint density at radius 3 is 2.96 bits per heavy atom. The number of carbonyl (C=O) groups excluding carboxylic acids is 1. The molecule has 0 bridgehead atoms. The Morgan fingerprint density at radius 1 is 1.38 bits per heavy atom. The lowest BCUT2D eigenvalue weighted by molar-refractivity contribution is 0.000437. The van der Waals surface area contributed by atoms with Crippen LogP contribution in [0.25, 0.3) is 0 Å². The average Bonchev–Trinajstić information content (AvgIpc) is 3.19. The summed E-state index contributed by atoms with van der Waals surface area (Å²) in [6, 6.07) is 8.51. The number of hydrogen-bond donors (Lipinski definition) is 1. The summed E-state index contributed by atoms with van der Waals surface area (Å²) in [6.07, 6.45) is 6.51. The Hall–Kier alpha value is -2.14. The van der Waals surface area contributed by atoms with Crippen LogP contribution in [0.2, 0.25) is 0 Å². The van der Waals surface area contributed by atoms with Crippen molar-refractivity contribution >= 4 is 5.91 Å². The van der Waals surface area contributed by atoms with Crippen LogP contribution in [-0.4, -0.2) is 28.7 Å². The maximum atomic E-state index is 12.9. The van der Waals surface area contributed by atoms with Gasteiger partial charge in [-0.25, -0.2) is 4.98 Å². The molecular weight excluding hydrogens is 302 g/mol. The van der Waals surface area contributed by atoms with Crippen molar-refractivity contribution in [3.05, 3.63) is 53.6 Å². The Morgan fingerprint density at radius 2 is 2.17 bits per heavy atom. The van der Waals surface area contributed by atoms with Crippen molar-refractivity contribution in [2.75, 3.05) is 13.2 Å². The van der Waals surface area contributed by atoms with E-state index >= 15 is 0 Å². The van der Waals surface area contributed by atoms with E-state index in [9.17, 15) is 4.79 Å². The molecule has 2 aliphatic rings. The molecule has 24 heavy (non-hydrogen) atoms. The van der Waals surface area contributed by atoms with Gasteiger partial charge in [-0.1, -0.05) is 24.3 Å². The van der Waals surface area contributed by atoms with Crippen molar-refractivity contribution in [2.24, 2.45) is 5.41 Å². The lowest BCUT2D eigenvalue weighted by Crippen LogP contribution is -2.42. The van der Waals surface area contributed by atoms with Gasteiger partial charge in [0.05, 0.1) is 6.04 Å². The van der Waals surface area contributed by atoms with Gasteiger partial charge in [-0.15, -0.1) is 0 Å². The van der Waals surface area contributed by atoms with E-state index < -0.39 is 0 Å². The number of imidazole rings is 1. The molecule has 0 radical (unpaired) electrons. The van der Waals surface area contributed by atoms with Crippen LogP contribution in [0.15, 0.2) is 36.7 Å². The molecular formula is C19H23N3O2. The number of aromatic nitrogens is 2. The maximum absolute atomic E-state index is 12.9. The highest BCUT2D eigenvalue weighted by atomic mass is 16.5. The quantitative estimate of drug-likeness (QED) is 0.944. The summed E-state index contributed by atoms with van der Waals surface area (Å²) in [5, 5.41) is 3.29. The van der Waals surface area contributed by atoms with Gasteiger partial charge < -0.3 is 14.6 Å². The van der Waals surface area contributed by atoms with Crippen LogP contribution in [0.4, 0.5) is 0 Å². The molecule has 1 aliphatic heterocycles. The molecule has 1 atom stereocenters. The van der Waals surface area contributed by atoms with Gasteiger partial charge in [-0.3, -0.25) is 4.79 Å². The smallest absolute Gasteiger partial charge is 0.287 e. The van der Waals surface area contributed by atoms with Crippen LogP contribution in [0.1, 0.15) is 47.6 Å². The van der Waals surface area contributed by atoms with Gasteiger partial charge in [0, 0.05) is 37.6 Å². The number of carbonyl (C=O) groups is 1. The van der Waals surface area contributed by atoms with Gasteiger partial charge in [0.1, 0.15) is 0 Å². The van der Waals surface area contributed by atoms with Crippen LogP contribution >= 0.6 is 0 Å². The highest BCUT2D eigenvalue weighted by Crippen LogP contribution is 2.51. The fourth-order valence-electron chi connectivity index (χ4n) is 4.23. The molecule has 5 heteroatoms. The lowest BCUT2D eigenvalue weighted by Gasteiger charge is -2.39. The van der Waals surface area contributed by atoms with Crippen molar-refractivity contribution in [1.29, 1.82) is 0 Å². The van der Waals surface area contributed by atoms with Crippen molar-refractivity contribution in [3.8, 4) is 0 Å². The Kier molecular flexibility index (Phi) is 3.88. The fourth-order valence-corrected chi connectivity index (χ4v) is 4.23. The topological polar surface area (TPSA) is 56.2 Å². The maximum Gasteiger partial charge on any atom is 0.287 e. The van der Waals surface area contributed by atoms with Gasteiger partial charge in [0.2, 0.25) is 0 Å². The van der Waals surface area contributed by atoms with E-state index in [0.29, 0.717) is 5.82 Å². The number of nitrogens with zero attached hydrogens (tertiary/aromatic N) is 2. The molecule has 2 heterocycles. The second-order valence-corrected chi connectivity index (χ2v) is 6.79. The molecule has 5 nitrogen and oxygen atoms in total. The molecule has 0 saturated carbocycles. The van der Waals surface area contributed by atoms with Crippen LogP contribution in [-0.2, 0) is 17.7 Å². The van der Waals surface area contributed by atoms with Gasteiger partial charge in [0.15, 0.2) is 5.82 Å². The predicted molar refractivity (Wildman–Crippen MR) is 90.7 cm³/mol. The number of rotatable bonds is 3. The van der Waals surface area contributed by atoms with Gasteiger partial charge in [0.25, 0.3) is 5.91 Å². The van der Waals surface area contributed by atoms with Crippen molar-refractivity contribution in [3.63, 3.8) is 0 Å². The second-order valence-electron chi connectivity index (χ2n) is 6.79. The molecule has 1 aliphatic carbocycles. The number of hydrogen-bond acceptors (Lipinski definition) is 3. The largest absolute Gasteiger partial charge is 0.381 e. The Bertz CT molecular complexity index is 747. The van der Waals surface area contributed by atoms with Crippen LogP contribution < -0.4 is 5.32 Å². The first-order valence-electron chi connectivity index (χ1n) is 8.71. The first kappa shape index (κ1) is 15.4. The number of amides is 1. The van der Waals surface area contributed by atoms with Crippen LogP contribution in [0.5, 0.6) is 0 Å². The third-order valence-corrected chi connectivity index (χ3v) is 5.54. The molecule has 1 fully saturated rings. The molecule has 1 amide bonds. The van der Waals surface area contributed by atoms with E-state index in [4.69, 9.17) is 4.74 Å². The molecule has 1 aromatic heterocycles. The van der Waals surface area contributed by atoms with E-state index in [1.54, 1.807) is 6.20 Å². The Labute approximate surface area is 142 Å². The minimum Gasteiger partial charge on any atom is -0.381 e. The van der Waals surface area contributed by atoms with Gasteiger partial charge in [-0.05, 0) is 37.3 Å². The van der Waals surface area contributed by atoms with Crippen molar-refractivity contribution < 1.29 is 9.53 Å². The number of benzene rings is 1. The number of ether oxygens (including phenoxy) is 1. The van der Waals surface area contributed by atoms with E-state index in [1.807, 2.05) is 17.7 Å². The summed E-state index contributed by atoms with van der Waals surface area (Å²) in [5.74, 6) is 0.401. The molecule has 1 N–H and O–H groups in total. The Balaban J connectivity index is 1.66. The summed E-state index contributed by atoms with van der Waals surface area (Å²) in [4.78, 5) is 17.1. The number of nitrogens with one attached hydrogen (secondary N) is 1. The van der Waals surface area contributed by atoms with Crippen LogP contribution in [0, 0.1) is 5.41 Å². The van der Waals surface area contributed by atoms with E-state index in [-0.39, 0.29) is 17.4 Å². The minimum atomic E-state index is -0.0885. The van der Waals surface area contributed by atoms with Crippen molar-refractivity contribution in [2.45, 2.75) is 38.8 Å². The van der Waals surface area contributed by atoms with E-state index in [0.717, 1.165) is 39.0 Å². The van der Waals surface area contributed by atoms with Gasteiger partial charge >= 0.3 is 0 Å². The lowest BCUT2D eigenvalue weighted by atomic mass is 9.74. The van der Waals surface area contributed by atoms with E-state index in [2.05, 4.69) is 34.6 Å². The first-order chi connectivity index (χ1) is 11.7. The van der Waals surface area contributed by atoms with E-state index in [1.165, 1.54) is 11.1 Å². The molecule has 1 unspecified atom stereocenters.